The molecule has 3 atom stereocenters. The summed E-state index contributed by atoms with van der Waals surface area (Å²) in [6, 6.07) is 29.0. The van der Waals surface area contributed by atoms with Crippen molar-refractivity contribution in [3.8, 4) is 40.4 Å². The molecule has 0 radical (unpaired) electrons. The van der Waals surface area contributed by atoms with E-state index >= 15 is 0 Å². The maximum atomic E-state index is 14.3. The topological polar surface area (TPSA) is 155 Å². The van der Waals surface area contributed by atoms with Gasteiger partial charge >= 0.3 is 18.1 Å². The van der Waals surface area contributed by atoms with Crippen molar-refractivity contribution < 1.29 is 38.0 Å². The van der Waals surface area contributed by atoms with Gasteiger partial charge in [-0.2, -0.15) is 9.97 Å². The first-order valence-electron chi connectivity index (χ1n) is 29.8. The van der Waals surface area contributed by atoms with Crippen LogP contribution < -0.4 is 34.3 Å². The molecule has 430 valence electrons. The molecule has 1 aliphatic rings. The van der Waals surface area contributed by atoms with Crippen molar-refractivity contribution in [3.63, 3.8) is 0 Å². The summed E-state index contributed by atoms with van der Waals surface area (Å²) in [6.45, 7) is 11.3. The van der Waals surface area contributed by atoms with Crippen LogP contribution in [-0.4, -0.2) is 86.0 Å². The van der Waals surface area contributed by atoms with Crippen molar-refractivity contribution in [1.82, 2.24) is 25.2 Å². The SMILES string of the molecule is CCCCCCC(CCCC)COc1nc(NCCCCCCNC(=O)COc2ccc(C(c3ccc(OC)cc3OC)N(C)C(=O)OC3c4ccccc4-c4ccccc43)cc2)nc(OCC(CCCC)CCCCCC)n1. The Kier molecular flexibility index (Phi) is 26.9. The maximum Gasteiger partial charge on any atom is 0.411 e. The van der Waals surface area contributed by atoms with Crippen molar-refractivity contribution in [1.29, 1.82) is 0 Å². The molecule has 5 aromatic rings. The minimum absolute atomic E-state index is 0.129. The summed E-state index contributed by atoms with van der Waals surface area (Å²) < 4.78 is 36.3. The number of ether oxygens (including phenoxy) is 6. The lowest BCUT2D eigenvalue weighted by Gasteiger charge is -2.31. The summed E-state index contributed by atoms with van der Waals surface area (Å²) in [5, 5.41) is 6.43. The zero-order valence-electron chi connectivity index (χ0n) is 48.7. The quantitative estimate of drug-likeness (QED) is 0.0360. The molecule has 1 aliphatic carbocycles. The zero-order valence-corrected chi connectivity index (χ0v) is 48.7. The Bertz CT molecular complexity index is 2470. The first-order chi connectivity index (χ1) is 38.7. The van der Waals surface area contributed by atoms with Crippen LogP contribution >= 0.6 is 0 Å². The van der Waals surface area contributed by atoms with Crippen molar-refractivity contribution in [2.45, 2.75) is 168 Å². The van der Waals surface area contributed by atoms with Crippen LogP contribution in [0.4, 0.5) is 10.7 Å². The summed E-state index contributed by atoms with van der Waals surface area (Å²) in [6.07, 6.45) is 21.9. The van der Waals surface area contributed by atoms with Crippen LogP contribution in [-0.2, 0) is 9.53 Å². The van der Waals surface area contributed by atoms with E-state index in [-0.39, 0.29) is 12.5 Å². The first-order valence-corrected chi connectivity index (χ1v) is 29.8. The summed E-state index contributed by atoms with van der Waals surface area (Å²) >= 11 is 0. The maximum absolute atomic E-state index is 14.3. The Hall–Kier alpha value is -6.57. The Balaban J connectivity index is 0.979. The van der Waals surface area contributed by atoms with Gasteiger partial charge in [0.25, 0.3) is 5.91 Å². The number of fused-ring (bicyclic) bond motifs is 3. The highest BCUT2D eigenvalue weighted by molar-refractivity contribution is 5.80. The predicted octanol–water partition coefficient (Wildman–Crippen LogP) is 15.3. The Labute approximate surface area is 472 Å². The lowest BCUT2D eigenvalue weighted by atomic mass is 9.96. The number of hydrogen-bond donors (Lipinski definition) is 2. The van der Waals surface area contributed by atoms with Crippen molar-refractivity contribution >= 4 is 17.9 Å². The third-order valence-electron chi connectivity index (χ3n) is 15.0. The van der Waals surface area contributed by atoms with Crippen molar-refractivity contribution in [3.05, 3.63) is 113 Å². The highest BCUT2D eigenvalue weighted by atomic mass is 16.6. The highest BCUT2D eigenvalue weighted by Gasteiger charge is 2.35. The molecule has 79 heavy (non-hydrogen) atoms. The minimum atomic E-state index is -0.608. The molecule has 0 saturated heterocycles. The molecule has 6 rings (SSSR count). The molecule has 1 aromatic heterocycles. The summed E-state index contributed by atoms with van der Waals surface area (Å²) in [5.74, 6) is 2.92. The molecule has 1 heterocycles. The van der Waals surface area contributed by atoms with Crippen LogP contribution in [0.5, 0.6) is 29.3 Å². The highest BCUT2D eigenvalue weighted by Crippen LogP contribution is 2.46. The lowest BCUT2D eigenvalue weighted by molar-refractivity contribution is -0.123. The molecule has 4 aromatic carbocycles. The van der Waals surface area contributed by atoms with Gasteiger partial charge in [-0.3, -0.25) is 9.69 Å². The molecule has 14 heteroatoms. The summed E-state index contributed by atoms with van der Waals surface area (Å²) in [4.78, 5) is 42.9. The van der Waals surface area contributed by atoms with E-state index in [0.717, 1.165) is 84.7 Å². The third kappa shape index (κ3) is 19.6. The van der Waals surface area contributed by atoms with Crippen LogP contribution in [0.3, 0.4) is 0 Å². The fraction of sp³-hybridized carbons (Fsp3) is 0.554. The molecule has 2 N–H and O–H groups in total. The number of nitrogens with one attached hydrogen (secondary N) is 2. The molecule has 2 amide bonds. The van der Waals surface area contributed by atoms with Crippen molar-refractivity contribution in [2.24, 2.45) is 11.8 Å². The van der Waals surface area contributed by atoms with Gasteiger partial charge in [0.2, 0.25) is 5.95 Å². The number of aromatic nitrogens is 3. The molecule has 0 bridgehead atoms. The van der Waals surface area contributed by atoms with E-state index in [0.29, 0.717) is 73.4 Å². The van der Waals surface area contributed by atoms with Gasteiger partial charge in [-0.15, -0.1) is 4.98 Å². The number of nitrogens with zero attached hydrogens (tertiary/aromatic N) is 4. The Morgan fingerprint density at radius 2 is 1.10 bits per heavy atom. The van der Waals surface area contributed by atoms with Crippen LogP contribution in [0.2, 0.25) is 0 Å². The minimum Gasteiger partial charge on any atom is -0.497 e. The number of amides is 2. The molecular formula is C65H92N6O8. The van der Waals surface area contributed by atoms with E-state index in [2.05, 4.69) is 55.4 Å². The number of methoxy groups -OCH3 is 2. The van der Waals surface area contributed by atoms with E-state index in [9.17, 15) is 9.59 Å². The number of carbonyl (C=O) groups is 2. The molecule has 14 nitrogen and oxygen atoms in total. The molecule has 0 saturated carbocycles. The number of hydrogen-bond acceptors (Lipinski definition) is 12. The van der Waals surface area contributed by atoms with E-state index < -0.39 is 18.2 Å². The van der Waals surface area contributed by atoms with Gasteiger partial charge in [0.05, 0.1) is 33.5 Å². The van der Waals surface area contributed by atoms with Crippen LogP contribution in [0.15, 0.2) is 91.0 Å². The van der Waals surface area contributed by atoms with Crippen LogP contribution in [0.1, 0.15) is 191 Å². The van der Waals surface area contributed by atoms with Gasteiger partial charge in [0.1, 0.15) is 17.2 Å². The molecule has 0 fully saturated rings. The number of carbonyl (C=O) groups excluding carboxylic acids is 2. The number of unbranched alkanes of at least 4 members (excludes halogenated alkanes) is 11. The van der Waals surface area contributed by atoms with Gasteiger partial charge in [-0.25, -0.2) is 4.79 Å². The van der Waals surface area contributed by atoms with E-state index in [4.69, 9.17) is 38.4 Å². The second-order valence-corrected chi connectivity index (χ2v) is 21.2. The van der Waals surface area contributed by atoms with E-state index in [1.165, 1.54) is 77.0 Å². The van der Waals surface area contributed by atoms with Gasteiger partial charge in [-0.1, -0.05) is 178 Å². The fourth-order valence-electron chi connectivity index (χ4n) is 10.4. The lowest BCUT2D eigenvalue weighted by Crippen LogP contribution is -2.33. The second-order valence-electron chi connectivity index (χ2n) is 21.2. The van der Waals surface area contributed by atoms with Crippen LogP contribution in [0.25, 0.3) is 11.1 Å². The van der Waals surface area contributed by atoms with Gasteiger partial charge < -0.3 is 39.1 Å². The van der Waals surface area contributed by atoms with Gasteiger partial charge in [-0.05, 0) is 91.3 Å². The van der Waals surface area contributed by atoms with Crippen molar-refractivity contribution in [2.75, 3.05) is 59.5 Å². The smallest absolute Gasteiger partial charge is 0.411 e. The van der Waals surface area contributed by atoms with E-state index in [1.54, 1.807) is 32.2 Å². The largest absolute Gasteiger partial charge is 0.497 e. The molecule has 0 aliphatic heterocycles. The average Bonchev–Trinajstić information content (AvgIpc) is 4.05. The molecular weight excluding hydrogens is 993 g/mol. The monoisotopic (exact) mass is 1080 g/mol. The van der Waals surface area contributed by atoms with E-state index in [1.807, 2.05) is 72.8 Å². The standard InChI is InChI=1S/C65H92N6O8/c1-8-12-16-20-30-48(28-14-10-3)45-77-63-68-62(69-64(70-63)78-46-49(29-15-11-4)31-21-17-13-9-2)67-43-27-19-18-26-42-66-59(72)47-76-51-38-36-50(37-39-51)60(57-41-40-52(74-6)44-58(57)75-7)71(5)65(73)79-61-55-34-24-22-32-53(55)54-33-23-25-35-56(54)61/h22-25,32-41,44,48-49,60-61H,8-21,26-31,42-43,45-47H2,1-7H3,(H,66,72)(H,67,68,69,70). The normalized spacial score (nSPS) is 12.9. The summed E-state index contributed by atoms with van der Waals surface area (Å²) in [5.41, 5.74) is 5.52. The Morgan fingerprint density at radius 3 is 1.66 bits per heavy atom. The molecule has 0 spiro atoms. The third-order valence-corrected chi connectivity index (χ3v) is 15.0. The number of benzene rings is 4. The molecule has 3 unspecified atom stereocenters. The Morgan fingerprint density at radius 1 is 0.570 bits per heavy atom. The van der Waals surface area contributed by atoms with Gasteiger partial charge in [0, 0.05) is 42.9 Å². The number of rotatable bonds is 39. The average molecular weight is 1090 g/mol. The van der Waals surface area contributed by atoms with Crippen LogP contribution in [0, 0.1) is 11.8 Å². The summed E-state index contributed by atoms with van der Waals surface area (Å²) in [7, 11) is 4.92. The number of anilines is 1. The second kappa shape index (κ2) is 34.4. The van der Waals surface area contributed by atoms with Gasteiger partial charge in [0.15, 0.2) is 12.7 Å². The predicted molar refractivity (Wildman–Crippen MR) is 316 cm³/mol. The fourth-order valence-corrected chi connectivity index (χ4v) is 10.4. The first kappa shape index (κ1) is 61.6. The zero-order chi connectivity index (χ0) is 56.0.